The number of benzene rings is 3. The fourth-order valence-electron chi connectivity index (χ4n) is 5.39. The second-order valence-corrected chi connectivity index (χ2v) is 9.87. The first-order chi connectivity index (χ1) is 19.9. The van der Waals surface area contributed by atoms with Crippen molar-refractivity contribution in [3.8, 4) is 17.2 Å². The van der Waals surface area contributed by atoms with E-state index in [0.717, 1.165) is 22.1 Å². The number of methoxy groups -OCH3 is 2. The molecule has 0 N–H and O–H groups in total. The van der Waals surface area contributed by atoms with Gasteiger partial charge in [0.2, 0.25) is 0 Å². The van der Waals surface area contributed by atoms with E-state index in [1.54, 1.807) is 55.5 Å². The largest absolute Gasteiger partial charge is 0.493 e. The van der Waals surface area contributed by atoms with E-state index in [1.165, 1.54) is 6.07 Å². The molecule has 1 aliphatic rings. The van der Waals surface area contributed by atoms with Crippen molar-refractivity contribution in [2.75, 3.05) is 27.4 Å². The van der Waals surface area contributed by atoms with Crippen LogP contribution in [0.2, 0.25) is 0 Å². The van der Waals surface area contributed by atoms with Crippen molar-refractivity contribution in [1.82, 2.24) is 4.90 Å². The molecule has 2 aromatic heterocycles. The highest BCUT2D eigenvalue weighted by Gasteiger charge is 2.34. The van der Waals surface area contributed by atoms with E-state index in [9.17, 15) is 14.4 Å². The Morgan fingerprint density at radius 2 is 1.71 bits per heavy atom. The second kappa shape index (κ2) is 10.5. The summed E-state index contributed by atoms with van der Waals surface area (Å²) in [5, 5.41) is 1.46. The Hall–Kier alpha value is -5.05. The predicted octanol–water partition coefficient (Wildman–Crippen LogP) is 5.04. The first kappa shape index (κ1) is 26.2. The molecule has 1 atom stereocenters. The van der Waals surface area contributed by atoms with Gasteiger partial charge in [-0.15, -0.1) is 0 Å². The van der Waals surface area contributed by atoms with Crippen LogP contribution in [0.5, 0.6) is 17.2 Å². The molecular weight excluding hydrogens is 526 g/mol. The average molecular weight is 554 g/mol. The Balaban J connectivity index is 1.40. The van der Waals surface area contributed by atoms with Crippen LogP contribution in [0.25, 0.3) is 21.9 Å². The van der Waals surface area contributed by atoms with Crippen molar-refractivity contribution in [2.24, 2.45) is 0 Å². The fourth-order valence-corrected chi connectivity index (χ4v) is 5.39. The molecule has 1 unspecified atom stereocenters. The normalized spacial score (nSPS) is 14.6. The Morgan fingerprint density at radius 1 is 0.927 bits per heavy atom. The van der Waals surface area contributed by atoms with E-state index in [0.29, 0.717) is 46.8 Å². The molecule has 1 aliphatic heterocycles. The molecule has 0 saturated carbocycles. The van der Waals surface area contributed by atoms with Gasteiger partial charge in [-0.1, -0.05) is 18.2 Å². The second-order valence-electron chi connectivity index (χ2n) is 9.87. The molecule has 0 saturated heterocycles. The summed E-state index contributed by atoms with van der Waals surface area (Å²) in [6.45, 7) is 2.25. The SMILES string of the molecule is COc1cc2c(cc1OC)C(COc1ccc3c(C)cc(=O)oc3c1)N(C(=O)c1cc3ccccc3oc1=O)CC2. The third kappa shape index (κ3) is 4.80. The van der Waals surface area contributed by atoms with Gasteiger partial charge in [-0.05, 0) is 66.4 Å². The molecule has 0 spiro atoms. The molecule has 0 radical (unpaired) electrons. The van der Waals surface area contributed by atoms with Crippen LogP contribution in [-0.4, -0.2) is 38.2 Å². The lowest BCUT2D eigenvalue weighted by Crippen LogP contribution is -2.44. The fraction of sp³-hybridized carbons (Fsp3) is 0.219. The van der Waals surface area contributed by atoms with Gasteiger partial charge in [0.05, 0.1) is 20.3 Å². The molecule has 0 fully saturated rings. The number of hydrogen-bond acceptors (Lipinski definition) is 8. The first-order valence-corrected chi connectivity index (χ1v) is 13.1. The van der Waals surface area contributed by atoms with Gasteiger partial charge in [0, 0.05) is 29.4 Å². The maximum atomic E-state index is 13.9. The van der Waals surface area contributed by atoms with Gasteiger partial charge in [-0.2, -0.15) is 0 Å². The topological polar surface area (TPSA) is 108 Å². The van der Waals surface area contributed by atoms with Crippen LogP contribution < -0.4 is 25.5 Å². The zero-order valence-corrected chi connectivity index (χ0v) is 22.8. The van der Waals surface area contributed by atoms with Gasteiger partial charge in [0.1, 0.15) is 29.1 Å². The van der Waals surface area contributed by atoms with E-state index >= 15 is 0 Å². The number of amides is 1. The highest BCUT2D eigenvalue weighted by atomic mass is 16.5. The number of carbonyl (C=O) groups is 1. The molecule has 9 nitrogen and oxygen atoms in total. The van der Waals surface area contributed by atoms with Gasteiger partial charge in [-0.25, -0.2) is 9.59 Å². The van der Waals surface area contributed by atoms with Crippen LogP contribution in [0, 0.1) is 6.92 Å². The number of aryl methyl sites for hydroxylation is 1. The van der Waals surface area contributed by atoms with Crippen LogP contribution >= 0.6 is 0 Å². The van der Waals surface area contributed by atoms with Crippen molar-refractivity contribution in [1.29, 1.82) is 0 Å². The molecule has 41 heavy (non-hydrogen) atoms. The van der Waals surface area contributed by atoms with Crippen LogP contribution in [0.1, 0.15) is 33.1 Å². The number of carbonyl (C=O) groups excluding carboxylic acids is 1. The summed E-state index contributed by atoms with van der Waals surface area (Å²) in [6.07, 6.45) is 0.539. The summed E-state index contributed by atoms with van der Waals surface area (Å²) in [7, 11) is 3.12. The van der Waals surface area contributed by atoms with Crippen LogP contribution in [0.3, 0.4) is 0 Å². The Morgan fingerprint density at radius 3 is 2.51 bits per heavy atom. The minimum Gasteiger partial charge on any atom is -0.493 e. The molecule has 3 aromatic carbocycles. The lowest BCUT2D eigenvalue weighted by molar-refractivity contribution is 0.0585. The maximum absolute atomic E-state index is 13.9. The van der Waals surface area contributed by atoms with Crippen molar-refractivity contribution >= 4 is 27.8 Å². The van der Waals surface area contributed by atoms with Crippen LogP contribution in [0.4, 0.5) is 0 Å². The average Bonchev–Trinajstić information content (AvgIpc) is 2.98. The number of para-hydroxylation sites is 1. The zero-order valence-electron chi connectivity index (χ0n) is 22.8. The van der Waals surface area contributed by atoms with Crippen molar-refractivity contribution in [3.05, 3.63) is 110 Å². The maximum Gasteiger partial charge on any atom is 0.349 e. The molecule has 0 bridgehead atoms. The highest BCUT2D eigenvalue weighted by molar-refractivity contribution is 5.97. The summed E-state index contributed by atoms with van der Waals surface area (Å²) in [5.41, 5.74) is 2.21. The predicted molar refractivity (Wildman–Crippen MR) is 152 cm³/mol. The Bertz CT molecular complexity index is 1920. The highest BCUT2D eigenvalue weighted by Crippen LogP contribution is 2.39. The summed E-state index contributed by atoms with van der Waals surface area (Å²) >= 11 is 0. The van der Waals surface area contributed by atoms with E-state index in [1.807, 2.05) is 31.2 Å². The molecule has 1 amide bonds. The first-order valence-electron chi connectivity index (χ1n) is 13.1. The molecule has 9 heteroatoms. The van der Waals surface area contributed by atoms with Gasteiger partial charge < -0.3 is 27.9 Å². The Kier molecular flexibility index (Phi) is 6.70. The minimum absolute atomic E-state index is 0.0550. The van der Waals surface area contributed by atoms with E-state index in [-0.39, 0.29) is 12.2 Å². The van der Waals surface area contributed by atoms with E-state index in [4.69, 9.17) is 23.0 Å². The van der Waals surface area contributed by atoms with Crippen molar-refractivity contribution in [3.63, 3.8) is 0 Å². The van der Waals surface area contributed by atoms with Crippen molar-refractivity contribution < 1.29 is 27.8 Å². The zero-order chi connectivity index (χ0) is 28.7. The third-order valence-corrected chi connectivity index (χ3v) is 7.47. The molecule has 5 aromatic rings. The molecule has 208 valence electrons. The number of ether oxygens (including phenoxy) is 3. The van der Waals surface area contributed by atoms with Crippen molar-refractivity contribution in [2.45, 2.75) is 19.4 Å². The monoisotopic (exact) mass is 553 g/mol. The molecule has 3 heterocycles. The van der Waals surface area contributed by atoms with E-state index < -0.39 is 23.2 Å². The summed E-state index contributed by atoms with van der Waals surface area (Å²) < 4.78 is 28.1. The smallest absolute Gasteiger partial charge is 0.349 e. The Labute approximate surface area is 234 Å². The van der Waals surface area contributed by atoms with Crippen LogP contribution in [0.15, 0.2) is 85.2 Å². The minimum atomic E-state index is -0.702. The molecule has 6 rings (SSSR count). The number of nitrogens with zero attached hydrogens (tertiary/aromatic N) is 1. The quantitative estimate of drug-likeness (QED) is 0.269. The van der Waals surface area contributed by atoms with Crippen LogP contribution in [-0.2, 0) is 6.42 Å². The van der Waals surface area contributed by atoms with Gasteiger partial charge in [-0.3, -0.25) is 4.79 Å². The summed E-state index contributed by atoms with van der Waals surface area (Å²) in [4.78, 5) is 40.4. The summed E-state index contributed by atoms with van der Waals surface area (Å²) in [5.74, 6) is 1.11. The summed E-state index contributed by atoms with van der Waals surface area (Å²) in [6, 6.07) is 18.5. The number of hydrogen-bond donors (Lipinski definition) is 0. The number of rotatable bonds is 6. The van der Waals surface area contributed by atoms with E-state index in [2.05, 4.69) is 0 Å². The lowest BCUT2D eigenvalue weighted by Gasteiger charge is -2.37. The van der Waals surface area contributed by atoms with Gasteiger partial charge >= 0.3 is 11.3 Å². The third-order valence-electron chi connectivity index (χ3n) is 7.47. The number of fused-ring (bicyclic) bond motifs is 3. The van der Waals surface area contributed by atoms with Gasteiger partial charge in [0.15, 0.2) is 11.5 Å². The standard InChI is InChI=1S/C32H27NO8/c1-18-12-30(34)40-27-15-21(8-9-22(18)27)39-17-25-23-16-29(38-3)28(37-2)14-19(23)10-11-33(25)31(35)24-13-20-6-4-5-7-26(20)41-32(24)36/h4-9,12-16,25H,10-11,17H2,1-3H3. The lowest BCUT2D eigenvalue weighted by atomic mass is 9.91. The molecular formula is C32H27NO8. The molecule has 0 aliphatic carbocycles. The van der Waals surface area contributed by atoms with Gasteiger partial charge in [0.25, 0.3) is 5.91 Å².